The maximum absolute atomic E-state index is 9.00. The second kappa shape index (κ2) is 10.5. The quantitative estimate of drug-likeness (QED) is 0.694. The summed E-state index contributed by atoms with van der Waals surface area (Å²) in [4.78, 5) is 9.00. The summed E-state index contributed by atoms with van der Waals surface area (Å²) >= 11 is 0. The van der Waals surface area contributed by atoms with Crippen LogP contribution < -0.4 is 6.15 Å². The lowest BCUT2D eigenvalue weighted by Crippen LogP contribution is -2.47. The van der Waals surface area contributed by atoms with Gasteiger partial charge in [-0.2, -0.15) is 0 Å². The molecule has 0 saturated heterocycles. The molecular weight excluding hydrogens is 180 g/mol. The van der Waals surface area contributed by atoms with Crippen molar-refractivity contribution < 1.29 is 14.4 Å². The van der Waals surface area contributed by atoms with E-state index in [0.29, 0.717) is 0 Å². The highest BCUT2D eigenvalue weighted by Gasteiger charge is 2.16. The molecule has 14 heavy (non-hydrogen) atoms. The van der Waals surface area contributed by atoms with Crippen LogP contribution in [0.5, 0.6) is 0 Å². The Labute approximate surface area is 88.1 Å². The Kier molecular flexibility index (Phi) is 14.2. The first-order chi connectivity index (χ1) is 5.97. The van der Waals surface area contributed by atoms with Crippen LogP contribution in [0.25, 0.3) is 0 Å². The van der Waals surface area contributed by atoms with Crippen molar-refractivity contribution in [2.24, 2.45) is 0 Å². The monoisotopic (exact) mass is 207 g/mol. The average Bonchev–Trinajstić information content (AvgIpc) is 2.09. The van der Waals surface area contributed by atoms with Gasteiger partial charge in [0.25, 0.3) is 5.97 Å². The van der Waals surface area contributed by atoms with Crippen LogP contribution in [0.3, 0.4) is 0 Å². The fourth-order valence-corrected chi connectivity index (χ4v) is 1.34. The van der Waals surface area contributed by atoms with Gasteiger partial charge in [-0.25, -0.2) is 0 Å². The van der Waals surface area contributed by atoms with E-state index in [9.17, 15) is 0 Å². The summed E-state index contributed by atoms with van der Waals surface area (Å²) in [6.45, 7) is 15.3. The van der Waals surface area contributed by atoms with Crippen molar-refractivity contribution in [1.82, 2.24) is 6.15 Å². The van der Waals surface area contributed by atoms with Crippen LogP contribution >= 0.6 is 0 Å². The van der Waals surface area contributed by atoms with Crippen molar-refractivity contribution in [3.8, 4) is 0 Å². The Morgan fingerprint density at radius 2 is 1.14 bits per heavy atom. The Morgan fingerprint density at radius 1 is 1.00 bits per heavy atom. The lowest BCUT2D eigenvalue weighted by Gasteiger charge is -2.34. The van der Waals surface area contributed by atoms with Crippen LogP contribution in [-0.2, 0) is 4.79 Å². The van der Waals surface area contributed by atoms with Crippen molar-refractivity contribution in [2.45, 2.75) is 34.6 Å². The first-order valence-electron chi connectivity index (χ1n) is 5.02. The molecule has 0 aromatic rings. The number of quaternary nitrogens is 1. The second-order valence-electron chi connectivity index (χ2n) is 3.13. The zero-order chi connectivity index (χ0) is 10.9. The molecule has 0 rings (SSSR count). The van der Waals surface area contributed by atoms with Gasteiger partial charge in [0.15, 0.2) is 0 Å². The van der Waals surface area contributed by atoms with Crippen LogP contribution in [0.4, 0.5) is 0 Å². The molecule has 4 nitrogen and oxygen atoms in total. The largest absolute Gasteiger partial charge is 0.481 e. The molecule has 0 spiro atoms. The van der Waals surface area contributed by atoms with E-state index in [1.807, 2.05) is 0 Å². The Hall–Kier alpha value is -0.610. The number of hydrogen-bond acceptors (Lipinski definition) is 2. The molecular formula is C10H27N2O2+. The fourth-order valence-electron chi connectivity index (χ4n) is 1.34. The van der Waals surface area contributed by atoms with Gasteiger partial charge in [0.2, 0.25) is 0 Å². The van der Waals surface area contributed by atoms with Gasteiger partial charge in [-0.15, -0.1) is 0 Å². The maximum atomic E-state index is 9.00. The number of rotatable bonds is 4. The van der Waals surface area contributed by atoms with Gasteiger partial charge < -0.3 is 15.7 Å². The molecule has 0 aliphatic heterocycles. The number of carboxylic acids is 1. The minimum absolute atomic E-state index is 0. The van der Waals surface area contributed by atoms with E-state index < -0.39 is 5.97 Å². The summed E-state index contributed by atoms with van der Waals surface area (Å²) in [5, 5.41) is 7.42. The van der Waals surface area contributed by atoms with E-state index in [4.69, 9.17) is 9.90 Å². The molecule has 88 valence electrons. The highest BCUT2D eigenvalue weighted by atomic mass is 16.4. The van der Waals surface area contributed by atoms with Crippen molar-refractivity contribution in [2.75, 3.05) is 26.2 Å². The standard InChI is InChI=1S/C8H20N.C2H4O2.H3N/c1-5-9(6-2,7-3)8-4;1-2(3)4;/h5-8H2,1-4H3;1H3,(H,3,4);1H3/q+1;;. The molecule has 0 fully saturated rings. The van der Waals surface area contributed by atoms with E-state index in [0.717, 1.165) is 6.92 Å². The zero-order valence-corrected chi connectivity index (χ0v) is 10.3. The van der Waals surface area contributed by atoms with Gasteiger partial charge >= 0.3 is 0 Å². The van der Waals surface area contributed by atoms with Crippen molar-refractivity contribution >= 4 is 5.97 Å². The lowest BCUT2D eigenvalue weighted by molar-refractivity contribution is -0.921. The third-order valence-electron chi connectivity index (χ3n) is 2.68. The molecule has 0 aliphatic rings. The van der Waals surface area contributed by atoms with E-state index in [2.05, 4.69) is 27.7 Å². The van der Waals surface area contributed by atoms with Crippen LogP contribution in [0.1, 0.15) is 34.6 Å². The fraction of sp³-hybridized carbons (Fsp3) is 0.900. The van der Waals surface area contributed by atoms with Gasteiger partial charge in [-0.05, 0) is 27.7 Å². The van der Waals surface area contributed by atoms with Crippen LogP contribution in [0, 0.1) is 0 Å². The second-order valence-corrected chi connectivity index (χ2v) is 3.13. The van der Waals surface area contributed by atoms with E-state index in [-0.39, 0.29) is 6.15 Å². The van der Waals surface area contributed by atoms with E-state index in [1.165, 1.54) is 30.7 Å². The normalized spacial score (nSPS) is 9.50. The van der Waals surface area contributed by atoms with Crippen molar-refractivity contribution in [3.05, 3.63) is 0 Å². The predicted molar refractivity (Wildman–Crippen MR) is 60.8 cm³/mol. The van der Waals surface area contributed by atoms with Gasteiger partial charge in [-0.1, -0.05) is 0 Å². The molecule has 0 aliphatic carbocycles. The molecule has 0 amide bonds. The maximum Gasteiger partial charge on any atom is 0.300 e. The summed E-state index contributed by atoms with van der Waals surface area (Å²) in [5.41, 5.74) is 0. The van der Waals surface area contributed by atoms with Gasteiger partial charge in [-0.3, -0.25) is 4.79 Å². The number of hydrogen-bond donors (Lipinski definition) is 2. The van der Waals surface area contributed by atoms with Crippen LogP contribution in [0.15, 0.2) is 0 Å². The van der Waals surface area contributed by atoms with Crippen LogP contribution in [0.2, 0.25) is 0 Å². The molecule has 0 aromatic heterocycles. The molecule has 0 bridgehead atoms. The third kappa shape index (κ3) is 9.48. The molecule has 0 radical (unpaired) electrons. The number of carbonyl (C=O) groups is 1. The minimum Gasteiger partial charge on any atom is -0.481 e. The molecule has 0 heterocycles. The summed E-state index contributed by atoms with van der Waals surface area (Å²) in [5.74, 6) is -0.833. The number of aliphatic carboxylic acids is 1. The first-order valence-corrected chi connectivity index (χ1v) is 5.02. The number of carboxylic acid groups (broad SMARTS) is 1. The molecule has 0 aromatic carbocycles. The summed E-state index contributed by atoms with van der Waals surface area (Å²) in [7, 11) is 0. The van der Waals surface area contributed by atoms with Gasteiger partial charge in [0.1, 0.15) is 0 Å². The lowest BCUT2D eigenvalue weighted by atomic mass is 10.3. The Balaban J connectivity index is -0.000000209. The van der Waals surface area contributed by atoms with Gasteiger partial charge in [0, 0.05) is 6.92 Å². The van der Waals surface area contributed by atoms with Gasteiger partial charge in [0.05, 0.1) is 26.2 Å². The average molecular weight is 207 g/mol. The van der Waals surface area contributed by atoms with Crippen molar-refractivity contribution in [1.29, 1.82) is 0 Å². The topological polar surface area (TPSA) is 72.3 Å². The summed E-state index contributed by atoms with van der Waals surface area (Å²) in [6, 6.07) is 0. The minimum atomic E-state index is -0.833. The zero-order valence-electron chi connectivity index (χ0n) is 10.3. The smallest absolute Gasteiger partial charge is 0.300 e. The molecule has 0 atom stereocenters. The van der Waals surface area contributed by atoms with E-state index in [1.54, 1.807) is 0 Å². The molecule has 4 N–H and O–H groups in total. The number of nitrogens with zero attached hydrogens (tertiary/aromatic N) is 1. The first kappa shape index (κ1) is 19.0. The van der Waals surface area contributed by atoms with Crippen molar-refractivity contribution in [3.63, 3.8) is 0 Å². The highest BCUT2D eigenvalue weighted by molar-refractivity contribution is 5.62. The molecule has 4 heteroatoms. The highest BCUT2D eigenvalue weighted by Crippen LogP contribution is 2.03. The van der Waals surface area contributed by atoms with Crippen LogP contribution in [-0.4, -0.2) is 41.7 Å². The Morgan fingerprint density at radius 3 is 1.14 bits per heavy atom. The SMILES string of the molecule is CC(=O)O.CC[N+](CC)(CC)CC.N. The molecule has 0 saturated carbocycles. The summed E-state index contributed by atoms with van der Waals surface area (Å²) < 4.78 is 1.28. The third-order valence-corrected chi connectivity index (χ3v) is 2.68. The summed E-state index contributed by atoms with van der Waals surface area (Å²) in [6.07, 6.45) is 0. The predicted octanol–water partition coefficient (Wildman–Crippen LogP) is 2.14. The molecule has 0 unspecified atom stereocenters. The Bertz CT molecular complexity index is 113. The van der Waals surface area contributed by atoms with E-state index >= 15 is 0 Å².